The van der Waals surface area contributed by atoms with Gasteiger partial charge in [-0.15, -0.1) is 12.4 Å². The molecule has 1 saturated heterocycles. The van der Waals surface area contributed by atoms with E-state index in [4.69, 9.17) is 4.74 Å². The molecule has 13 nitrogen and oxygen atoms in total. The number of carbonyl (C=O) groups excluding carboxylic acids is 3. The highest BCUT2D eigenvalue weighted by atomic mass is 35.5. The molecule has 1 fully saturated rings. The molecule has 1 aromatic carbocycles. The van der Waals surface area contributed by atoms with E-state index in [1.165, 1.54) is 15.9 Å². The zero-order valence-corrected chi connectivity index (χ0v) is 23.2. The number of aliphatic carboxylic acids is 1. The van der Waals surface area contributed by atoms with E-state index in [2.05, 4.69) is 20.6 Å². The number of hydrogen-bond donors (Lipinski definition) is 4. The lowest BCUT2D eigenvalue weighted by molar-refractivity contribution is -0.138. The number of halogens is 1. The van der Waals surface area contributed by atoms with Gasteiger partial charge < -0.3 is 35.4 Å². The van der Waals surface area contributed by atoms with Crippen molar-refractivity contribution in [2.45, 2.75) is 38.8 Å². The molecule has 2 unspecified atom stereocenters. The summed E-state index contributed by atoms with van der Waals surface area (Å²) >= 11 is 0. The summed E-state index contributed by atoms with van der Waals surface area (Å²) in [6, 6.07) is 8.94. The summed E-state index contributed by atoms with van der Waals surface area (Å²) < 4.78 is 5.00. The van der Waals surface area contributed by atoms with E-state index in [1.807, 2.05) is 6.07 Å². The number of aromatic nitrogens is 2. The van der Waals surface area contributed by atoms with Crippen LogP contribution >= 0.6 is 12.4 Å². The maximum atomic E-state index is 13.3. The third kappa shape index (κ3) is 9.06. The van der Waals surface area contributed by atoms with E-state index >= 15 is 0 Å². The number of piperazine rings is 1. The summed E-state index contributed by atoms with van der Waals surface area (Å²) in [6.45, 7) is 4.48. The van der Waals surface area contributed by atoms with Gasteiger partial charge in [-0.25, -0.2) is 14.8 Å². The minimum Gasteiger partial charge on any atom is -0.481 e. The second kappa shape index (κ2) is 15.6. The first kappa shape index (κ1) is 32.2. The van der Waals surface area contributed by atoms with Crippen LogP contribution in [-0.2, 0) is 14.3 Å². The molecule has 2 heterocycles. The number of aliphatic hydroxyl groups excluding tert-OH is 1. The fraction of sp³-hybridized carbons (Fsp3) is 0.462. The number of carbonyl (C=O) groups is 4. The standard InChI is InChI=1S/C26H34N6O7.ClH/c1-3-39-26(38)32-13-11-31(12-14-32)25(37)19(9-10-22(34)35)29-24(36)20-15-21(27-17(2)16-33)30-23(28-20)18-7-5-4-6-8-18;/h4-8,15,17,19,33H,3,9-14,16H2,1-2H3,(H,29,36)(H,34,35)(H,27,28,30);1H. The highest BCUT2D eigenvalue weighted by Gasteiger charge is 2.31. The zero-order valence-electron chi connectivity index (χ0n) is 22.4. The Morgan fingerprint density at radius 3 is 2.30 bits per heavy atom. The van der Waals surface area contributed by atoms with Crippen LogP contribution in [0.1, 0.15) is 37.2 Å². The summed E-state index contributed by atoms with van der Waals surface area (Å²) in [6.07, 6.45) is -0.918. The van der Waals surface area contributed by atoms with Crippen LogP contribution < -0.4 is 10.6 Å². The largest absolute Gasteiger partial charge is 0.481 e. The third-order valence-corrected chi connectivity index (χ3v) is 6.03. The van der Waals surface area contributed by atoms with Gasteiger partial charge in [0, 0.05) is 50.3 Å². The predicted molar refractivity (Wildman–Crippen MR) is 148 cm³/mol. The van der Waals surface area contributed by atoms with E-state index in [0.717, 1.165) is 0 Å². The van der Waals surface area contributed by atoms with Crippen molar-refractivity contribution in [1.29, 1.82) is 0 Å². The highest BCUT2D eigenvalue weighted by Crippen LogP contribution is 2.19. The number of carboxylic acid groups (broad SMARTS) is 1. The number of nitrogens with one attached hydrogen (secondary N) is 2. The predicted octanol–water partition coefficient (Wildman–Crippen LogP) is 1.62. The van der Waals surface area contributed by atoms with Crippen LogP contribution in [0.2, 0.25) is 0 Å². The van der Waals surface area contributed by atoms with Crippen molar-refractivity contribution in [2.75, 3.05) is 44.7 Å². The Morgan fingerprint density at radius 2 is 1.70 bits per heavy atom. The first-order valence-electron chi connectivity index (χ1n) is 12.8. The maximum Gasteiger partial charge on any atom is 0.409 e. The van der Waals surface area contributed by atoms with Crippen LogP contribution in [-0.4, -0.2) is 105 Å². The Bertz CT molecular complexity index is 1160. The molecule has 2 aromatic rings. The number of hydrogen-bond acceptors (Lipinski definition) is 9. The number of anilines is 1. The van der Waals surface area contributed by atoms with Gasteiger partial charge in [0.1, 0.15) is 17.6 Å². The molecule has 0 saturated carbocycles. The molecule has 3 rings (SSSR count). The molecule has 40 heavy (non-hydrogen) atoms. The molecule has 2 atom stereocenters. The van der Waals surface area contributed by atoms with Gasteiger partial charge in [-0.2, -0.15) is 0 Å². The fourth-order valence-electron chi connectivity index (χ4n) is 3.95. The molecule has 218 valence electrons. The van der Waals surface area contributed by atoms with Crippen LogP contribution in [0.15, 0.2) is 36.4 Å². The van der Waals surface area contributed by atoms with Crippen molar-refractivity contribution >= 4 is 42.1 Å². The number of ether oxygens (including phenoxy) is 1. The van der Waals surface area contributed by atoms with E-state index in [0.29, 0.717) is 11.4 Å². The van der Waals surface area contributed by atoms with Gasteiger partial charge in [-0.3, -0.25) is 14.4 Å². The van der Waals surface area contributed by atoms with E-state index in [1.54, 1.807) is 38.1 Å². The first-order valence-corrected chi connectivity index (χ1v) is 12.8. The number of nitrogens with zero attached hydrogens (tertiary/aromatic N) is 4. The molecule has 0 bridgehead atoms. The van der Waals surface area contributed by atoms with Crippen LogP contribution in [0.3, 0.4) is 0 Å². The average Bonchev–Trinajstić information content (AvgIpc) is 2.95. The Labute approximate surface area is 238 Å². The normalized spacial score (nSPS) is 14.4. The van der Waals surface area contributed by atoms with Crippen molar-refractivity contribution in [2.24, 2.45) is 0 Å². The number of benzene rings is 1. The van der Waals surface area contributed by atoms with Crippen LogP contribution in [0.4, 0.5) is 10.6 Å². The van der Waals surface area contributed by atoms with Crippen LogP contribution in [0, 0.1) is 0 Å². The van der Waals surface area contributed by atoms with Gasteiger partial charge in [0.2, 0.25) is 5.91 Å². The van der Waals surface area contributed by atoms with Gasteiger partial charge in [-0.05, 0) is 20.3 Å². The number of carboxylic acids is 1. The number of rotatable bonds is 11. The van der Waals surface area contributed by atoms with Gasteiger partial charge >= 0.3 is 12.1 Å². The summed E-state index contributed by atoms with van der Waals surface area (Å²) in [5, 5.41) is 24.3. The lowest BCUT2D eigenvalue weighted by atomic mass is 10.1. The summed E-state index contributed by atoms with van der Waals surface area (Å²) in [4.78, 5) is 61.7. The third-order valence-electron chi connectivity index (χ3n) is 6.03. The molecule has 0 radical (unpaired) electrons. The molecule has 4 N–H and O–H groups in total. The molecule has 0 spiro atoms. The molecule has 1 aliphatic heterocycles. The van der Waals surface area contributed by atoms with Crippen molar-refractivity contribution < 1.29 is 34.1 Å². The maximum absolute atomic E-state index is 13.3. The molecule has 14 heteroatoms. The minimum absolute atomic E-state index is 0. The Kier molecular flexibility index (Phi) is 12.6. The second-order valence-corrected chi connectivity index (χ2v) is 9.03. The van der Waals surface area contributed by atoms with Crippen molar-refractivity contribution in [3.05, 3.63) is 42.1 Å². The lowest BCUT2D eigenvalue weighted by Crippen LogP contribution is -2.56. The van der Waals surface area contributed by atoms with Gasteiger partial charge in [-0.1, -0.05) is 30.3 Å². The quantitative estimate of drug-likeness (QED) is 0.307. The Hall–Kier alpha value is -3.97. The van der Waals surface area contributed by atoms with E-state index in [-0.39, 0.29) is 82.2 Å². The molecule has 1 aliphatic rings. The molecule has 3 amide bonds. The smallest absolute Gasteiger partial charge is 0.409 e. The van der Waals surface area contributed by atoms with Crippen molar-refractivity contribution in [3.8, 4) is 11.4 Å². The second-order valence-electron chi connectivity index (χ2n) is 9.03. The lowest BCUT2D eigenvalue weighted by Gasteiger charge is -2.35. The molecule has 1 aromatic heterocycles. The Morgan fingerprint density at radius 1 is 1.05 bits per heavy atom. The van der Waals surface area contributed by atoms with E-state index < -0.39 is 29.9 Å². The summed E-state index contributed by atoms with van der Waals surface area (Å²) in [5.74, 6) is -1.66. The highest BCUT2D eigenvalue weighted by molar-refractivity contribution is 5.97. The Balaban J connectivity index is 0.00000560. The SMILES string of the molecule is CCOC(=O)N1CCN(C(=O)C(CCC(=O)O)NC(=O)c2cc(NC(C)CO)nc(-c3ccccc3)n2)CC1.Cl. The molecule has 0 aliphatic carbocycles. The topological polar surface area (TPSA) is 174 Å². The van der Waals surface area contributed by atoms with Gasteiger partial charge in [0.05, 0.1) is 13.2 Å². The zero-order chi connectivity index (χ0) is 28.4. The average molecular weight is 579 g/mol. The minimum atomic E-state index is -1.12. The summed E-state index contributed by atoms with van der Waals surface area (Å²) in [5.41, 5.74) is 0.626. The van der Waals surface area contributed by atoms with Gasteiger partial charge in [0.15, 0.2) is 5.82 Å². The van der Waals surface area contributed by atoms with Crippen molar-refractivity contribution in [1.82, 2.24) is 25.1 Å². The monoisotopic (exact) mass is 578 g/mol. The van der Waals surface area contributed by atoms with Gasteiger partial charge in [0.25, 0.3) is 5.91 Å². The van der Waals surface area contributed by atoms with Crippen molar-refractivity contribution in [3.63, 3.8) is 0 Å². The number of amides is 3. The number of aliphatic hydroxyl groups is 1. The first-order chi connectivity index (χ1) is 18.7. The van der Waals surface area contributed by atoms with E-state index in [9.17, 15) is 29.4 Å². The fourth-order valence-corrected chi connectivity index (χ4v) is 3.95. The van der Waals surface area contributed by atoms with Crippen LogP contribution in [0.5, 0.6) is 0 Å². The molecular formula is C26H35ClN6O7. The van der Waals surface area contributed by atoms with Crippen LogP contribution in [0.25, 0.3) is 11.4 Å². The molecular weight excluding hydrogens is 544 g/mol. The summed E-state index contributed by atoms with van der Waals surface area (Å²) in [7, 11) is 0.